The maximum Gasteiger partial charge on any atom is 0.124 e. The Morgan fingerprint density at radius 3 is 2.35 bits per heavy atom. The summed E-state index contributed by atoms with van der Waals surface area (Å²) in [6, 6.07) is 17.8. The van der Waals surface area contributed by atoms with Crippen LogP contribution in [-0.2, 0) is 13.2 Å². The standard InChI is InChI=1S/C20H16Cl3NO2/c21-15-2-8-20(26-12-13-1-7-18(22)19(23)9-13)14(10-15)11-24-16-3-5-17(25)6-4-16/h1-10,24-25H,11-12H2. The van der Waals surface area contributed by atoms with E-state index in [0.717, 1.165) is 22.6 Å². The minimum atomic E-state index is 0.226. The number of rotatable bonds is 6. The predicted octanol–water partition coefficient (Wildman–Crippen LogP) is 6.54. The van der Waals surface area contributed by atoms with Gasteiger partial charge in [-0.3, -0.25) is 0 Å². The van der Waals surface area contributed by atoms with Crippen LogP contribution in [0.3, 0.4) is 0 Å². The van der Waals surface area contributed by atoms with Gasteiger partial charge in [-0.25, -0.2) is 0 Å². The molecule has 6 heteroatoms. The lowest BCUT2D eigenvalue weighted by atomic mass is 10.2. The van der Waals surface area contributed by atoms with Gasteiger partial charge in [0.15, 0.2) is 0 Å². The van der Waals surface area contributed by atoms with Gasteiger partial charge in [-0.05, 0) is 60.2 Å². The molecule has 0 aliphatic rings. The van der Waals surface area contributed by atoms with E-state index in [4.69, 9.17) is 39.5 Å². The van der Waals surface area contributed by atoms with Crippen LogP contribution in [0, 0.1) is 0 Å². The third-order valence-electron chi connectivity index (χ3n) is 3.75. The van der Waals surface area contributed by atoms with Gasteiger partial charge in [-0.1, -0.05) is 40.9 Å². The van der Waals surface area contributed by atoms with Gasteiger partial charge in [0.2, 0.25) is 0 Å². The van der Waals surface area contributed by atoms with Gasteiger partial charge in [-0.15, -0.1) is 0 Å². The highest BCUT2D eigenvalue weighted by Gasteiger charge is 2.07. The average Bonchev–Trinajstić information content (AvgIpc) is 2.63. The fourth-order valence-corrected chi connectivity index (χ4v) is 2.91. The molecule has 0 atom stereocenters. The lowest BCUT2D eigenvalue weighted by Crippen LogP contribution is -2.04. The number of hydrogen-bond acceptors (Lipinski definition) is 3. The van der Waals surface area contributed by atoms with Crippen molar-refractivity contribution >= 4 is 40.5 Å². The van der Waals surface area contributed by atoms with E-state index in [1.54, 1.807) is 42.5 Å². The Hall–Kier alpha value is -2.07. The zero-order valence-electron chi connectivity index (χ0n) is 13.7. The van der Waals surface area contributed by atoms with Crippen LogP contribution in [-0.4, -0.2) is 5.11 Å². The monoisotopic (exact) mass is 407 g/mol. The average molecular weight is 409 g/mol. The molecule has 0 aliphatic carbocycles. The SMILES string of the molecule is Oc1ccc(NCc2cc(Cl)ccc2OCc2ccc(Cl)c(Cl)c2)cc1. The molecule has 0 spiro atoms. The molecule has 0 unspecified atom stereocenters. The van der Waals surface area contributed by atoms with Crippen molar-refractivity contribution in [3.05, 3.63) is 86.9 Å². The molecule has 0 amide bonds. The number of phenols is 1. The first-order valence-electron chi connectivity index (χ1n) is 7.89. The highest BCUT2D eigenvalue weighted by Crippen LogP contribution is 2.27. The van der Waals surface area contributed by atoms with Crippen molar-refractivity contribution in [3.63, 3.8) is 0 Å². The maximum absolute atomic E-state index is 9.35. The Kier molecular flexibility index (Phi) is 6.15. The molecule has 0 fully saturated rings. The van der Waals surface area contributed by atoms with E-state index in [9.17, 15) is 5.11 Å². The first-order valence-corrected chi connectivity index (χ1v) is 9.03. The van der Waals surface area contributed by atoms with Crippen LogP contribution in [0.15, 0.2) is 60.7 Å². The second-order valence-corrected chi connectivity index (χ2v) is 6.94. The molecule has 0 saturated heterocycles. The van der Waals surface area contributed by atoms with E-state index in [1.807, 2.05) is 18.2 Å². The van der Waals surface area contributed by atoms with Crippen LogP contribution in [0.5, 0.6) is 11.5 Å². The Balaban J connectivity index is 1.70. The number of ether oxygens (including phenoxy) is 1. The molecule has 0 heterocycles. The van der Waals surface area contributed by atoms with E-state index < -0.39 is 0 Å². The van der Waals surface area contributed by atoms with Crippen LogP contribution in [0.25, 0.3) is 0 Å². The van der Waals surface area contributed by atoms with Gasteiger partial charge >= 0.3 is 0 Å². The predicted molar refractivity (Wildman–Crippen MR) is 108 cm³/mol. The van der Waals surface area contributed by atoms with Crippen LogP contribution in [0.2, 0.25) is 15.1 Å². The topological polar surface area (TPSA) is 41.5 Å². The van der Waals surface area contributed by atoms with E-state index in [-0.39, 0.29) is 5.75 Å². The van der Waals surface area contributed by atoms with Gasteiger partial charge in [0, 0.05) is 22.8 Å². The quantitative estimate of drug-likeness (QED) is 0.455. The molecule has 0 aromatic heterocycles. The van der Waals surface area contributed by atoms with Crippen molar-refractivity contribution in [2.45, 2.75) is 13.2 Å². The highest BCUT2D eigenvalue weighted by molar-refractivity contribution is 6.42. The van der Waals surface area contributed by atoms with Gasteiger partial charge < -0.3 is 15.2 Å². The van der Waals surface area contributed by atoms with Crippen molar-refractivity contribution in [3.8, 4) is 11.5 Å². The Bertz CT molecular complexity index is 898. The number of benzene rings is 3. The van der Waals surface area contributed by atoms with Crippen molar-refractivity contribution < 1.29 is 9.84 Å². The first kappa shape index (κ1) is 18.7. The van der Waals surface area contributed by atoms with Crippen LogP contribution in [0.4, 0.5) is 5.69 Å². The minimum absolute atomic E-state index is 0.226. The summed E-state index contributed by atoms with van der Waals surface area (Å²) in [6.07, 6.45) is 0. The summed E-state index contributed by atoms with van der Waals surface area (Å²) in [5.41, 5.74) is 2.73. The van der Waals surface area contributed by atoms with Gasteiger partial charge in [0.05, 0.1) is 10.0 Å². The summed E-state index contributed by atoms with van der Waals surface area (Å²) in [5, 5.41) is 14.3. The smallest absolute Gasteiger partial charge is 0.124 e. The summed E-state index contributed by atoms with van der Waals surface area (Å²) < 4.78 is 5.94. The molecule has 26 heavy (non-hydrogen) atoms. The molecule has 0 bridgehead atoms. The summed E-state index contributed by atoms with van der Waals surface area (Å²) in [6.45, 7) is 0.896. The Morgan fingerprint density at radius 2 is 1.62 bits per heavy atom. The fourth-order valence-electron chi connectivity index (χ4n) is 2.39. The molecule has 2 N–H and O–H groups in total. The van der Waals surface area contributed by atoms with Crippen LogP contribution < -0.4 is 10.1 Å². The third-order valence-corrected chi connectivity index (χ3v) is 4.73. The number of halogens is 3. The number of aromatic hydroxyl groups is 1. The van der Waals surface area contributed by atoms with E-state index in [2.05, 4.69) is 5.32 Å². The molecule has 3 aromatic rings. The summed E-state index contributed by atoms with van der Waals surface area (Å²) >= 11 is 18.1. The lowest BCUT2D eigenvalue weighted by molar-refractivity contribution is 0.303. The summed E-state index contributed by atoms with van der Waals surface area (Å²) in [5.74, 6) is 0.954. The molecule has 3 aromatic carbocycles. The van der Waals surface area contributed by atoms with Crippen molar-refractivity contribution in [1.82, 2.24) is 0 Å². The first-order chi connectivity index (χ1) is 12.5. The molecule has 3 nitrogen and oxygen atoms in total. The summed E-state index contributed by atoms with van der Waals surface area (Å²) in [4.78, 5) is 0. The second-order valence-electron chi connectivity index (χ2n) is 5.69. The van der Waals surface area contributed by atoms with E-state index in [0.29, 0.717) is 28.2 Å². The molecular weight excluding hydrogens is 393 g/mol. The minimum Gasteiger partial charge on any atom is -0.508 e. The zero-order valence-corrected chi connectivity index (χ0v) is 15.9. The second kappa shape index (κ2) is 8.54. The number of phenolic OH excluding ortho intramolecular Hbond substituents is 1. The van der Waals surface area contributed by atoms with Gasteiger partial charge in [0.25, 0.3) is 0 Å². The van der Waals surface area contributed by atoms with Crippen molar-refractivity contribution in [2.75, 3.05) is 5.32 Å². The van der Waals surface area contributed by atoms with Gasteiger partial charge in [0.1, 0.15) is 18.1 Å². The van der Waals surface area contributed by atoms with Crippen LogP contribution in [0.1, 0.15) is 11.1 Å². The number of anilines is 1. The fraction of sp³-hybridized carbons (Fsp3) is 0.100. The van der Waals surface area contributed by atoms with Gasteiger partial charge in [-0.2, -0.15) is 0 Å². The molecule has 134 valence electrons. The largest absolute Gasteiger partial charge is 0.508 e. The maximum atomic E-state index is 9.35. The molecule has 0 aliphatic heterocycles. The normalized spacial score (nSPS) is 10.6. The lowest BCUT2D eigenvalue weighted by Gasteiger charge is -2.14. The van der Waals surface area contributed by atoms with Crippen molar-refractivity contribution in [2.24, 2.45) is 0 Å². The van der Waals surface area contributed by atoms with Crippen LogP contribution >= 0.6 is 34.8 Å². The molecule has 3 rings (SSSR count). The Labute approximate surface area is 167 Å². The molecule has 0 saturated carbocycles. The highest BCUT2D eigenvalue weighted by atomic mass is 35.5. The van der Waals surface area contributed by atoms with Crippen molar-refractivity contribution in [1.29, 1.82) is 0 Å². The zero-order chi connectivity index (χ0) is 18.5. The third kappa shape index (κ3) is 4.98. The van der Waals surface area contributed by atoms with E-state index in [1.165, 1.54) is 0 Å². The van der Waals surface area contributed by atoms with E-state index >= 15 is 0 Å². The summed E-state index contributed by atoms with van der Waals surface area (Å²) in [7, 11) is 0. The Morgan fingerprint density at radius 1 is 0.846 bits per heavy atom. The number of nitrogens with one attached hydrogen (secondary N) is 1. The number of hydrogen-bond donors (Lipinski definition) is 2. The molecular formula is C20H16Cl3NO2. The molecule has 0 radical (unpaired) electrons.